The quantitative estimate of drug-likeness (QED) is 0.861. The van der Waals surface area contributed by atoms with E-state index < -0.39 is 5.54 Å². The molecule has 3 rings (SSSR count). The highest BCUT2D eigenvalue weighted by Gasteiger charge is 2.43. The largest absolute Gasteiger partial charge is 0.348 e. The van der Waals surface area contributed by atoms with Crippen molar-refractivity contribution in [1.82, 2.24) is 20.2 Å². The Morgan fingerprint density at radius 1 is 1.59 bits per heavy atom. The Bertz CT molecular complexity index is 560. The first kappa shape index (κ1) is 15.0. The second-order valence-corrected chi connectivity index (χ2v) is 6.69. The van der Waals surface area contributed by atoms with Crippen molar-refractivity contribution in [2.45, 2.75) is 44.1 Å². The molecule has 0 aromatic carbocycles. The maximum absolute atomic E-state index is 12.3. The molecule has 2 N–H and O–H groups in total. The molecular weight excluding hydrogens is 278 g/mol. The molecule has 0 bridgehead atoms. The number of likely N-dealkylation sites (tertiary alicyclic amines) is 1. The first-order valence-electron chi connectivity index (χ1n) is 8.04. The van der Waals surface area contributed by atoms with Crippen molar-refractivity contribution in [2.24, 2.45) is 5.92 Å². The average molecular weight is 301 g/mol. The number of nitriles is 1. The van der Waals surface area contributed by atoms with E-state index in [-0.39, 0.29) is 5.91 Å². The van der Waals surface area contributed by atoms with Gasteiger partial charge in [0.2, 0.25) is 5.91 Å². The van der Waals surface area contributed by atoms with Gasteiger partial charge in [0.1, 0.15) is 11.4 Å². The predicted octanol–water partition coefficient (Wildman–Crippen LogP) is 1.40. The smallest absolute Gasteiger partial charge is 0.235 e. The number of nitrogens with zero attached hydrogens (tertiary/aromatic N) is 3. The SMILES string of the molecule is CC(C#N)(NC(=O)CN1CCCC(c2ncc[nH]2)C1)C1CC1. The number of nitrogens with one attached hydrogen (secondary N) is 2. The van der Waals surface area contributed by atoms with Crippen LogP contribution >= 0.6 is 0 Å². The number of aromatic amines is 1. The summed E-state index contributed by atoms with van der Waals surface area (Å²) >= 11 is 0. The minimum absolute atomic E-state index is 0.0453. The first-order chi connectivity index (χ1) is 10.6. The lowest BCUT2D eigenvalue weighted by molar-refractivity contribution is -0.124. The van der Waals surface area contributed by atoms with E-state index in [9.17, 15) is 10.1 Å². The van der Waals surface area contributed by atoms with Crippen molar-refractivity contribution in [1.29, 1.82) is 5.26 Å². The molecule has 2 unspecified atom stereocenters. The molecule has 6 nitrogen and oxygen atoms in total. The second-order valence-electron chi connectivity index (χ2n) is 6.69. The molecule has 0 spiro atoms. The van der Waals surface area contributed by atoms with Crippen LogP contribution in [0.1, 0.15) is 44.3 Å². The van der Waals surface area contributed by atoms with Crippen molar-refractivity contribution in [3.05, 3.63) is 18.2 Å². The van der Waals surface area contributed by atoms with Gasteiger partial charge in [0.05, 0.1) is 12.6 Å². The van der Waals surface area contributed by atoms with E-state index in [0.717, 1.165) is 44.6 Å². The summed E-state index contributed by atoms with van der Waals surface area (Å²) in [6.45, 7) is 3.97. The van der Waals surface area contributed by atoms with Crippen LogP contribution in [0.4, 0.5) is 0 Å². The van der Waals surface area contributed by atoms with Gasteiger partial charge in [-0.15, -0.1) is 0 Å². The first-order valence-corrected chi connectivity index (χ1v) is 8.04. The molecule has 0 radical (unpaired) electrons. The molecule has 1 aliphatic heterocycles. The number of aromatic nitrogens is 2. The summed E-state index contributed by atoms with van der Waals surface area (Å²) in [5.74, 6) is 1.64. The standard InChI is InChI=1S/C16H23N5O/c1-16(11-17,13-4-5-13)20-14(22)10-21-8-2-3-12(9-21)15-18-6-7-19-15/h6-7,12-13H,2-5,8-10H2,1H3,(H,18,19)(H,20,22). The average Bonchev–Trinajstić information content (AvgIpc) is 3.23. The zero-order valence-electron chi connectivity index (χ0n) is 13.0. The predicted molar refractivity (Wildman–Crippen MR) is 81.9 cm³/mol. The van der Waals surface area contributed by atoms with E-state index in [4.69, 9.17) is 0 Å². The molecule has 1 amide bonds. The third-order valence-corrected chi connectivity index (χ3v) is 4.80. The van der Waals surface area contributed by atoms with Gasteiger partial charge in [0.15, 0.2) is 0 Å². The lowest BCUT2D eigenvalue weighted by Gasteiger charge is -2.32. The Morgan fingerprint density at radius 2 is 2.41 bits per heavy atom. The number of rotatable bonds is 5. The summed E-state index contributed by atoms with van der Waals surface area (Å²) < 4.78 is 0. The maximum Gasteiger partial charge on any atom is 0.235 e. The molecule has 1 aromatic rings. The molecule has 1 aromatic heterocycles. The van der Waals surface area contributed by atoms with Crippen molar-refractivity contribution < 1.29 is 4.79 Å². The van der Waals surface area contributed by atoms with Gasteiger partial charge in [0.25, 0.3) is 0 Å². The van der Waals surface area contributed by atoms with Gasteiger partial charge in [0, 0.05) is 24.9 Å². The number of carbonyl (C=O) groups is 1. The molecule has 118 valence electrons. The van der Waals surface area contributed by atoms with Crippen molar-refractivity contribution >= 4 is 5.91 Å². The van der Waals surface area contributed by atoms with E-state index in [0.29, 0.717) is 18.4 Å². The minimum Gasteiger partial charge on any atom is -0.348 e. The highest BCUT2D eigenvalue weighted by Crippen LogP contribution is 2.39. The molecular formula is C16H23N5O. The highest BCUT2D eigenvalue weighted by atomic mass is 16.2. The fourth-order valence-corrected chi connectivity index (χ4v) is 3.34. The van der Waals surface area contributed by atoms with Crippen LogP contribution in [0.15, 0.2) is 12.4 Å². The van der Waals surface area contributed by atoms with Crippen LogP contribution < -0.4 is 5.32 Å². The Hall–Kier alpha value is -1.87. The van der Waals surface area contributed by atoms with Gasteiger partial charge in [-0.3, -0.25) is 9.69 Å². The van der Waals surface area contributed by atoms with E-state index in [2.05, 4.69) is 26.3 Å². The number of hydrogen-bond donors (Lipinski definition) is 2. The van der Waals surface area contributed by atoms with Crippen LogP contribution in [-0.4, -0.2) is 45.9 Å². The zero-order valence-corrected chi connectivity index (χ0v) is 13.0. The fourth-order valence-electron chi connectivity index (χ4n) is 3.34. The van der Waals surface area contributed by atoms with Crippen LogP contribution in [0.3, 0.4) is 0 Å². The molecule has 2 fully saturated rings. The molecule has 2 aliphatic rings. The van der Waals surface area contributed by atoms with Crippen LogP contribution in [0, 0.1) is 17.2 Å². The Balaban J connectivity index is 1.54. The zero-order chi connectivity index (χ0) is 15.6. The van der Waals surface area contributed by atoms with Gasteiger partial charge in [-0.25, -0.2) is 4.98 Å². The number of hydrogen-bond acceptors (Lipinski definition) is 4. The number of H-pyrrole nitrogens is 1. The highest BCUT2D eigenvalue weighted by molar-refractivity contribution is 5.79. The van der Waals surface area contributed by atoms with Crippen LogP contribution in [0.5, 0.6) is 0 Å². The fraction of sp³-hybridized carbons (Fsp3) is 0.688. The summed E-state index contributed by atoms with van der Waals surface area (Å²) in [6, 6.07) is 2.27. The van der Waals surface area contributed by atoms with Crippen LogP contribution in [0.25, 0.3) is 0 Å². The lowest BCUT2D eigenvalue weighted by atomic mass is 9.96. The monoisotopic (exact) mass is 301 g/mol. The van der Waals surface area contributed by atoms with E-state index in [1.165, 1.54) is 0 Å². The van der Waals surface area contributed by atoms with Gasteiger partial charge in [-0.1, -0.05) is 0 Å². The van der Waals surface area contributed by atoms with Crippen LogP contribution in [-0.2, 0) is 4.79 Å². The molecule has 1 saturated carbocycles. The number of carbonyl (C=O) groups excluding carboxylic acids is 1. The molecule has 2 atom stereocenters. The summed E-state index contributed by atoms with van der Waals surface area (Å²) in [7, 11) is 0. The van der Waals surface area contributed by atoms with Crippen molar-refractivity contribution in [2.75, 3.05) is 19.6 Å². The van der Waals surface area contributed by atoms with Gasteiger partial charge >= 0.3 is 0 Å². The Morgan fingerprint density at radius 3 is 3.05 bits per heavy atom. The van der Waals surface area contributed by atoms with E-state index in [1.54, 1.807) is 6.20 Å². The molecule has 22 heavy (non-hydrogen) atoms. The summed E-state index contributed by atoms with van der Waals surface area (Å²) in [5.41, 5.74) is -0.701. The normalized spacial score (nSPS) is 25.2. The summed E-state index contributed by atoms with van der Waals surface area (Å²) in [5, 5.41) is 12.3. The minimum atomic E-state index is -0.701. The number of amides is 1. The molecule has 1 saturated heterocycles. The van der Waals surface area contributed by atoms with Crippen molar-refractivity contribution in [3.63, 3.8) is 0 Å². The topological polar surface area (TPSA) is 84.8 Å². The van der Waals surface area contributed by atoms with Crippen molar-refractivity contribution in [3.8, 4) is 6.07 Å². The maximum atomic E-state index is 12.3. The summed E-state index contributed by atoms with van der Waals surface area (Å²) in [6.07, 6.45) is 7.85. The third-order valence-electron chi connectivity index (χ3n) is 4.80. The molecule has 2 heterocycles. The van der Waals surface area contributed by atoms with Gasteiger partial charge in [-0.05, 0) is 45.1 Å². The second kappa shape index (κ2) is 6.09. The third kappa shape index (κ3) is 3.30. The number of imidazole rings is 1. The van der Waals surface area contributed by atoms with E-state index in [1.807, 2.05) is 13.1 Å². The Kier molecular flexibility index (Phi) is 4.16. The molecule has 6 heteroatoms. The van der Waals surface area contributed by atoms with Crippen LogP contribution in [0.2, 0.25) is 0 Å². The molecule has 1 aliphatic carbocycles. The Labute approximate surface area is 130 Å². The van der Waals surface area contributed by atoms with Gasteiger partial charge in [-0.2, -0.15) is 5.26 Å². The number of piperidine rings is 1. The van der Waals surface area contributed by atoms with Gasteiger partial charge < -0.3 is 10.3 Å². The van der Waals surface area contributed by atoms with E-state index >= 15 is 0 Å². The summed E-state index contributed by atoms with van der Waals surface area (Å²) in [4.78, 5) is 21.9. The lowest BCUT2D eigenvalue weighted by Crippen LogP contribution is -2.51.